The number of hydrogen-bond donors (Lipinski definition) is 1. The summed E-state index contributed by atoms with van der Waals surface area (Å²) in [6, 6.07) is 0. The Morgan fingerprint density at radius 3 is 2.39 bits per heavy atom. The lowest BCUT2D eigenvalue weighted by Crippen LogP contribution is -2.40. The molecule has 0 atom stereocenters. The Morgan fingerprint density at radius 2 is 1.89 bits per heavy atom. The molecule has 0 radical (unpaired) electrons. The van der Waals surface area contributed by atoms with E-state index >= 15 is 0 Å². The molecule has 1 aliphatic rings. The van der Waals surface area contributed by atoms with Gasteiger partial charge in [0.2, 0.25) is 0 Å². The van der Waals surface area contributed by atoms with Crippen molar-refractivity contribution in [2.24, 2.45) is 12.8 Å². The van der Waals surface area contributed by atoms with Gasteiger partial charge in [0.25, 0.3) is 0 Å². The van der Waals surface area contributed by atoms with Crippen LogP contribution in [0, 0.1) is 6.92 Å². The first-order valence-corrected chi connectivity index (χ1v) is 6.86. The van der Waals surface area contributed by atoms with Gasteiger partial charge in [0.15, 0.2) is 5.82 Å². The van der Waals surface area contributed by atoms with Crippen molar-refractivity contribution in [3.8, 4) is 0 Å². The van der Waals surface area contributed by atoms with Gasteiger partial charge in [-0.2, -0.15) is 0 Å². The lowest BCUT2D eigenvalue weighted by Gasteiger charge is -2.31. The van der Waals surface area contributed by atoms with Crippen molar-refractivity contribution in [1.82, 2.24) is 14.8 Å². The van der Waals surface area contributed by atoms with Crippen LogP contribution in [0.2, 0.25) is 0 Å². The topological polar surface area (TPSA) is 66.0 Å². The van der Waals surface area contributed by atoms with E-state index < -0.39 is 0 Å². The zero-order chi connectivity index (χ0) is 13.0. The van der Waals surface area contributed by atoms with Crippen molar-refractivity contribution in [3.05, 3.63) is 11.6 Å². The largest absolute Gasteiger partial charge is 0.366 e. The fraction of sp³-hybridized carbons (Fsp3) is 0.846. The van der Waals surface area contributed by atoms with Gasteiger partial charge in [-0.15, -0.1) is 10.2 Å². The molecular weight excluding hydrogens is 228 g/mol. The van der Waals surface area contributed by atoms with Crippen LogP contribution in [0.5, 0.6) is 0 Å². The molecule has 2 N–H and O–H groups in total. The van der Waals surface area contributed by atoms with E-state index in [0.717, 1.165) is 24.5 Å². The number of nitrogens with two attached hydrogens (primary N) is 1. The highest BCUT2D eigenvalue weighted by atomic mass is 16.5. The van der Waals surface area contributed by atoms with Crippen molar-refractivity contribution in [1.29, 1.82) is 0 Å². The highest BCUT2D eigenvalue weighted by Crippen LogP contribution is 2.30. The molecule has 0 spiro atoms. The second kappa shape index (κ2) is 5.80. The molecule has 0 unspecified atom stereocenters. The van der Waals surface area contributed by atoms with E-state index in [4.69, 9.17) is 10.5 Å². The zero-order valence-corrected chi connectivity index (χ0v) is 11.5. The Bertz CT molecular complexity index is 380. The predicted molar refractivity (Wildman–Crippen MR) is 70.0 cm³/mol. The van der Waals surface area contributed by atoms with Crippen LogP contribution in [0.1, 0.15) is 50.2 Å². The summed E-state index contributed by atoms with van der Waals surface area (Å²) in [6.45, 7) is 3.05. The second-order valence-corrected chi connectivity index (χ2v) is 5.31. The minimum absolute atomic E-state index is 0.143. The standard InChI is InChI=1S/C13H24N4O/c1-11-15-16-12(17(11)2)9-18-13(10-14)7-5-3-4-6-8-13/h3-10,14H2,1-2H3. The van der Waals surface area contributed by atoms with Gasteiger partial charge in [-0.1, -0.05) is 25.7 Å². The molecular formula is C13H24N4O. The summed E-state index contributed by atoms with van der Waals surface area (Å²) in [5.41, 5.74) is 5.80. The SMILES string of the molecule is Cc1nnc(COC2(CN)CCCCCC2)n1C. The normalized spacial score (nSPS) is 19.7. The first-order chi connectivity index (χ1) is 8.67. The van der Waals surface area contributed by atoms with Gasteiger partial charge in [-0.05, 0) is 19.8 Å². The Hall–Kier alpha value is -0.940. The van der Waals surface area contributed by atoms with Crippen LogP contribution in [-0.4, -0.2) is 26.9 Å². The molecule has 1 aliphatic carbocycles. The molecule has 5 heteroatoms. The van der Waals surface area contributed by atoms with Gasteiger partial charge in [0, 0.05) is 13.6 Å². The minimum Gasteiger partial charge on any atom is -0.366 e. The molecule has 0 amide bonds. The maximum absolute atomic E-state index is 6.13. The summed E-state index contributed by atoms with van der Waals surface area (Å²) < 4.78 is 8.10. The van der Waals surface area contributed by atoms with E-state index in [0.29, 0.717) is 13.2 Å². The van der Waals surface area contributed by atoms with Crippen LogP contribution in [0.4, 0.5) is 0 Å². The molecule has 0 saturated heterocycles. The van der Waals surface area contributed by atoms with Crippen molar-refractivity contribution in [3.63, 3.8) is 0 Å². The number of hydrogen-bond acceptors (Lipinski definition) is 4. The van der Waals surface area contributed by atoms with Crippen LogP contribution in [0.25, 0.3) is 0 Å². The third kappa shape index (κ3) is 2.90. The quantitative estimate of drug-likeness (QED) is 0.828. The molecule has 0 aliphatic heterocycles. The van der Waals surface area contributed by atoms with E-state index in [1.54, 1.807) is 0 Å². The van der Waals surface area contributed by atoms with Crippen molar-refractivity contribution < 1.29 is 4.74 Å². The maximum atomic E-state index is 6.13. The van der Waals surface area contributed by atoms with Crippen LogP contribution in [0.3, 0.4) is 0 Å². The highest BCUT2D eigenvalue weighted by Gasteiger charge is 2.30. The fourth-order valence-corrected chi connectivity index (χ4v) is 2.57. The van der Waals surface area contributed by atoms with Gasteiger partial charge in [0.05, 0.1) is 5.60 Å². The van der Waals surface area contributed by atoms with Gasteiger partial charge in [-0.3, -0.25) is 0 Å². The fourth-order valence-electron chi connectivity index (χ4n) is 2.57. The molecule has 0 bridgehead atoms. The van der Waals surface area contributed by atoms with E-state index in [2.05, 4.69) is 10.2 Å². The van der Waals surface area contributed by atoms with E-state index in [1.165, 1.54) is 25.7 Å². The molecule has 0 aromatic carbocycles. The molecule has 5 nitrogen and oxygen atoms in total. The average molecular weight is 252 g/mol. The van der Waals surface area contributed by atoms with Crippen molar-refractivity contribution in [2.45, 2.75) is 57.7 Å². The van der Waals surface area contributed by atoms with Gasteiger partial charge >= 0.3 is 0 Å². The van der Waals surface area contributed by atoms with Crippen molar-refractivity contribution in [2.75, 3.05) is 6.54 Å². The number of ether oxygens (including phenoxy) is 1. The summed E-state index contributed by atoms with van der Waals surface area (Å²) in [4.78, 5) is 0. The minimum atomic E-state index is -0.143. The van der Waals surface area contributed by atoms with Gasteiger partial charge in [0.1, 0.15) is 12.4 Å². The molecule has 102 valence electrons. The van der Waals surface area contributed by atoms with Crippen LogP contribution in [0.15, 0.2) is 0 Å². The predicted octanol–water partition coefficient (Wildman–Crippen LogP) is 1.69. The Morgan fingerprint density at radius 1 is 1.22 bits per heavy atom. The summed E-state index contributed by atoms with van der Waals surface area (Å²) in [5, 5.41) is 8.18. The molecule has 1 fully saturated rings. The zero-order valence-electron chi connectivity index (χ0n) is 11.5. The molecule has 1 heterocycles. The first kappa shape index (κ1) is 13.5. The Balaban J connectivity index is 1.99. The second-order valence-electron chi connectivity index (χ2n) is 5.31. The smallest absolute Gasteiger partial charge is 0.158 e. The third-order valence-electron chi connectivity index (χ3n) is 4.08. The summed E-state index contributed by atoms with van der Waals surface area (Å²) in [6.07, 6.45) is 7.17. The third-order valence-corrected chi connectivity index (χ3v) is 4.08. The summed E-state index contributed by atoms with van der Waals surface area (Å²) >= 11 is 0. The molecule has 18 heavy (non-hydrogen) atoms. The van der Waals surface area contributed by atoms with E-state index in [-0.39, 0.29) is 5.60 Å². The molecule has 1 saturated carbocycles. The van der Waals surface area contributed by atoms with Crippen LogP contribution >= 0.6 is 0 Å². The van der Waals surface area contributed by atoms with E-state index in [1.807, 2.05) is 18.5 Å². The summed E-state index contributed by atoms with van der Waals surface area (Å²) in [5.74, 6) is 1.79. The summed E-state index contributed by atoms with van der Waals surface area (Å²) in [7, 11) is 1.97. The number of nitrogens with zero attached hydrogens (tertiary/aromatic N) is 3. The highest BCUT2D eigenvalue weighted by molar-refractivity contribution is 4.92. The van der Waals surface area contributed by atoms with Crippen LogP contribution < -0.4 is 5.73 Å². The molecule has 2 rings (SSSR count). The Kier molecular flexibility index (Phi) is 4.35. The van der Waals surface area contributed by atoms with E-state index in [9.17, 15) is 0 Å². The molecule has 1 aromatic rings. The van der Waals surface area contributed by atoms with Gasteiger partial charge in [-0.25, -0.2) is 0 Å². The van der Waals surface area contributed by atoms with Gasteiger partial charge < -0.3 is 15.0 Å². The average Bonchev–Trinajstić information content (AvgIpc) is 2.61. The molecule has 1 aromatic heterocycles. The lowest BCUT2D eigenvalue weighted by molar-refractivity contribution is -0.0634. The number of aryl methyl sites for hydroxylation is 1. The maximum Gasteiger partial charge on any atom is 0.158 e. The first-order valence-electron chi connectivity index (χ1n) is 6.86. The monoisotopic (exact) mass is 252 g/mol. The number of aromatic nitrogens is 3. The van der Waals surface area contributed by atoms with Crippen molar-refractivity contribution >= 4 is 0 Å². The number of rotatable bonds is 4. The van der Waals surface area contributed by atoms with Crippen LogP contribution in [-0.2, 0) is 18.4 Å². The Labute approximate surface area is 109 Å². The lowest BCUT2D eigenvalue weighted by atomic mass is 9.94.